The second-order valence-electron chi connectivity index (χ2n) is 5.60. The van der Waals surface area contributed by atoms with Crippen LogP contribution in [-0.4, -0.2) is 51.0 Å². The van der Waals surface area contributed by atoms with Crippen LogP contribution in [0.1, 0.15) is 30.6 Å². The number of amides is 1. The van der Waals surface area contributed by atoms with Crippen LogP contribution in [0.4, 0.5) is 0 Å². The quantitative estimate of drug-likeness (QED) is 0.517. The average molecular weight is 383 g/mol. The lowest BCUT2D eigenvalue weighted by Gasteiger charge is -2.21. The molecule has 2 atom stereocenters. The van der Waals surface area contributed by atoms with Gasteiger partial charge in [0, 0.05) is 4.90 Å². The highest BCUT2D eigenvalue weighted by molar-refractivity contribution is 7.98. The zero-order chi connectivity index (χ0) is 19.7. The summed E-state index contributed by atoms with van der Waals surface area (Å²) in [5.74, 6) is -1.53. The van der Waals surface area contributed by atoms with Crippen LogP contribution in [0, 0.1) is 5.92 Å². The van der Waals surface area contributed by atoms with Crippen molar-refractivity contribution in [3.05, 3.63) is 23.8 Å². The lowest BCUT2D eigenvalue weighted by molar-refractivity contribution is -0.147. The summed E-state index contributed by atoms with van der Waals surface area (Å²) in [6.07, 6.45) is 2.59. The molecule has 0 saturated heterocycles. The number of nitrogens with one attached hydrogen (secondary N) is 1. The Hall–Kier alpha value is -2.22. The standard InChI is InChI=1S/C18H25NO6S/c1-6-11(2)16(18(22)24-4)19-15(20)10-25-17(21)13-8-7-12(26-5)9-14(13)23-3/h7-9,11,16H,6,10H2,1-5H3,(H,19,20)/t11-,16-/m0/s1. The first-order chi connectivity index (χ1) is 12.4. The molecule has 0 aromatic heterocycles. The molecular formula is C18H25NO6S. The Kier molecular flexibility index (Phi) is 8.98. The maximum Gasteiger partial charge on any atom is 0.342 e. The molecule has 0 saturated carbocycles. The van der Waals surface area contributed by atoms with Gasteiger partial charge >= 0.3 is 11.9 Å². The van der Waals surface area contributed by atoms with E-state index in [9.17, 15) is 14.4 Å². The van der Waals surface area contributed by atoms with Crippen LogP contribution in [0.2, 0.25) is 0 Å². The van der Waals surface area contributed by atoms with E-state index in [0.29, 0.717) is 12.2 Å². The van der Waals surface area contributed by atoms with E-state index in [0.717, 1.165) is 4.90 Å². The third-order valence-corrected chi connectivity index (χ3v) is 4.67. The molecule has 0 unspecified atom stereocenters. The molecule has 26 heavy (non-hydrogen) atoms. The van der Waals surface area contributed by atoms with E-state index >= 15 is 0 Å². The maximum atomic E-state index is 12.2. The van der Waals surface area contributed by atoms with Gasteiger partial charge in [0.2, 0.25) is 0 Å². The Morgan fingerprint density at radius 3 is 2.46 bits per heavy atom. The number of hydrogen-bond donors (Lipinski definition) is 1. The SMILES string of the molecule is CC[C@H](C)[C@H](NC(=O)COC(=O)c1ccc(SC)cc1OC)C(=O)OC. The van der Waals surface area contributed by atoms with Crippen LogP contribution in [0.25, 0.3) is 0 Å². The number of ether oxygens (including phenoxy) is 3. The largest absolute Gasteiger partial charge is 0.496 e. The number of carbonyl (C=O) groups excluding carboxylic acids is 3. The minimum Gasteiger partial charge on any atom is -0.496 e. The summed E-state index contributed by atoms with van der Waals surface area (Å²) < 4.78 is 14.9. The molecule has 0 bridgehead atoms. The predicted octanol–water partition coefficient (Wildman–Crippen LogP) is 2.28. The van der Waals surface area contributed by atoms with Crippen molar-refractivity contribution in [2.75, 3.05) is 27.1 Å². The van der Waals surface area contributed by atoms with E-state index in [1.54, 1.807) is 18.2 Å². The fourth-order valence-corrected chi connectivity index (χ4v) is 2.62. The van der Waals surface area contributed by atoms with Gasteiger partial charge < -0.3 is 19.5 Å². The number of rotatable bonds is 9. The van der Waals surface area contributed by atoms with Gasteiger partial charge in [-0.1, -0.05) is 20.3 Å². The summed E-state index contributed by atoms with van der Waals surface area (Å²) >= 11 is 1.51. The molecule has 1 amide bonds. The molecular weight excluding hydrogens is 358 g/mol. The first-order valence-electron chi connectivity index (χ1n) is 8.14. The van der Waals surface area contributed by atoms with Crippen molar-refractivity contribution in [3.8, 4) is 5.75 Å². The molecule has 0 aliphatic carbocycles. The number of methoxy groups -OCH3 is 2. The fourth-order valence-electron chi connectivity index (χ4n) is 2.19. The van der Waals surface area contributed by atoms with Gasteiger partial charge in [0.05, 0.1) is 14.2 Å². The predicted molar refractivity (Wildman–Crippen MR) is 98.5 cm³/mol. The van der Waals surface area contributed by atoms with Crippen molar-refractivity contribution < 1.29 is 28.6 Å². The number of carbonyl (C=O) groups is 3. The van der Waals surface area contributed by atoms with Crippen LogP contribution in [0.3, 0.4) is 0 Å². The van der Waals surface area contributed by atoms with E-state index in [-0.39, 0.29) is 11.5 Å². The van der Waals surface area contributed by atoms with E-state index < -0.39 is 30.5 Å². The molecule has 0 spiro atoms. The molecule has 7 nitrogen and oxygen atoms in total. The van der Waals surface area contributed by atoms with E-state index in [4.69, 9.17) is 14.2 Å². The van der Waals surface area contributed by atoms with Gasteiger partial charge in [0.1, 0.15) is 17.4 Å². The number of thioether (sulfide) groups is 1. The third-order valence-electron chi connectivity index (χ3n) is 3.95. The van der Waals surface area contributed by atoms with E-state index in [1.165, 1.54) is 26.0 Å². The van der Waals surface area contributed by atoms with Crippen molar-refractivity contribution >= 4 is 29.6 Å². The molecule has 0 heterocycles. The average Bonchev–Trinajstić information content (AvgIpc) is 2.68. The topological polar surface area (TPSA) is 90.9 Å². The van der Waals surface area contributed by atoms with Crippen LogP contribution < -0.4 is 10.1 Å². The van der Waals surface area contributed by atoms with Gasteiger partial charge in [-0.05, 0) is 30.4 Å². The second kappa shape index (κ2) is 10.7. The molecule has 0 radical (unpaired) electrons. The first-order valence-corrected chi connectivity index (χ1v) is 9.36. The monoisotopic (exact) mass is 383 g/mol. The summed E-state index contributed by atoms with van der Waals surface area (Å²) in [4.78, 5) is 37.0. The van der Waals surface area contributed by atoms with E-state index in [2.05, 4.69) is 5.32 Å². The zero-order valence-corrected chi connectivity index (χ0v) is 16.5. The van der Waals surface area contributed by atoms with Crippen LogP contribution in [-0.2, 0) is 19.1 Å². The van der Waals surface area contributed by atoms with Crippen molar-refractivity contribution in [2.45, 2.75) is 31.2 Å². The normalized spacial score (nSPS) is 12.7. The van der Waals surface area contributed by atoms with Gasteiger partial charge in [-0.25, -0.2) is 9.59 Å². The van der Waals surface area contributed by atoms with Crippen LogP contribution in [0.5, 0.6) is 5.75 Å². The van der Waals surface area contributed by atoms with Crippen LogP contribution >= 0.6 is 11.8 Å². The number of benzene rings is 1. The molecule has 1 aromatic carbocycles. The van der Waals surface area contributed by atoms with Gasteiger partial charge in [-0.2, -0.15) is 0 Å². The summed E-state index contributed by atoms with van der Waals surface area (Å²) in [5, 5.41) is 2.55. The van der Waals surface area contributed by atoms with Crippen molar-refractivity contribution in [1.29, 1.82) is 0 Å². The highest BCUT2D eigenvalue weighted by atomic mass is 32.2. The third kappa shape index (κ3) is 5.94. The van der Waals surface area contributed by atoms with Gasteiger partial charge in [-0.3, -0.25) is 4.79 Å². The smallest absolute Gasteiger partial charge is 0.342 e. The Morgan fingerprint density at radius 2 is 1.92 bits per heavy atom. The van der Waals surface area contributed by atoms with Gasteiger partial charge in [0.15, 0.2) is 6.61 Å². The Balaban J connectivity index is 2.71. The van der Waals surface area contributed by atoms with Crippen molar-refractivity contribution in [1.82, 2.24) is 5.32 Å². The van der Waals surface area contributed by atoms with Crippen LogP contribution in [0.15, 0.2) is 23.1 Å². The number of esters is 2. The lowest BCUT2D eigenvalue weighted by Crippen LogP contribution is -2.47. The molecule has 1 N–H and O–H groups in total. The Bertz CT molecular complexity index is 649. The molecule has 144 valence electrons. The second-order valence-corrected chi connectivity index (χ2v) is 6.48. The fraction of sp³-hybridized carbons (Fsp3) is 0.500. The number of hydrogen-bond acceptors (Lipinski definition) is 7. The molecule has 0 aliphatic rings. The van der Waals surface area contributed by atoms with Crippen molar-refractivity contribution in [2.24, 2.45) is 5.92 Å². The van der Waals surface area contributed by atoms with Crippen molar-refractivity contribution in [3.63, 3.8) is 0 Å². The minimum atomic E-state index is -0.786. The van der Waals surface area contributed by atoms with Gasteiger partial charge in [-0.15, -0.1) is 11.8 Å². The minimum absolute atomic E-state index is 0.110. The Labute approximate surface area is 157 Å². The summed E-state index contributed by atoms with van der Waals surface area (Å²) in [5.41, 5.74) is 0.226. The first kappa shape index (κ1) is 21.8. The van der Waals surface area contributed by atoms with Gasteiger partial charge in [0.25, 0.3) is 5.91 Å². The molecule has 0 fully saturated rings. The summed E-state index contributed by atoms with van der Waals surface area (Å²) in [6, 6.07) is 4.28. The molecule has 0 aliphatic heterocycles. The zero-order valence-electron chi connectivity index (χ0n) is 15.7. The highest BCUT2D eigenvalue weighted by Crippen LogP contribution is 2.25. The lowest BCUT2D eigenvalue weighted by atomic mass is 9.99. The molecule has 1 rings (SSSR count). The summed E-state index contributed by atoms with van der Waals surface area (Å²) in [6.45, 7) is 3.22. The summed E-state index contributed by atoms with van der Waals surface area (Å²) in [7, 11) is 2.71. The molecule has 8 heteroatoms. The highest BCUT2D eigenvalue weighted by Gasteiger charge is 2.27. The van der Waals surface area contributed by atoms with E-state index in [1.807, 2.05) is 20.1 Å². The Morgan fingerprint density at radius 1 is 1.23 bits per heavy atom. The molecule has 1 aromatic rings. The maximum absolute atomic E-state index is 12.2.